The normalized spacial score (nSPS) is 21.3. The zero-order valence-corrected chi connectivity index (χ0v) is 14.4. The average molecular weight is 349 g/mol. The number of carbonyl (C=O) groups is 1. The molecule has 5 nitrogen and oxygen atoms in total. The van der Waals surface area contributed by atoms with Crippen LogP contribution >= 0.6 is 0 Å². The molecule has 1 aromatic rings. The van der Waals surface area contributed by atoms with E-state index in [2.05, 4.69) is 0 Å². The van der Waals surface area contributed by atoms with E-state index in [0.29, 0.717) is 19.0 Å². The SMILES string of the molecule is NC1CCC1.NCC1(C(=O)O)C=CC=CC1.NCc1ccc(F)cc1. The molecule has 0 radical (unpaired) electrons. The maximum atomic E-state index is 12.2. The first kappa shape index (κ1) is 21.0. The Morgan fingerprint density at radius 1 is 1.20 bits per heavy atom. The van der Waals surface area contributed by atoms with Gasteiger partial charge in [0.15, 0.2) is 0 Å². The van der Waals surface area contributed by atoms with Crippen LogP contribution in [0.3, 0.4) is 0 Å². The lowest BCUT2D eigenvalue weighted by molar-refractivity contribution is -0.145. The maximum Gasteiger partial charge on any atom is 0.315 e. The molecule has 0 heterocycles. The number of halogens is 1. The molecule has 1 aromatic carbocycles. The number of carboxylic acid groups (broad SMARTS) is 1. The van der Waals surface area contributed by atoms with Gasteiger partial charge in [-0.3, -0.25) is 4.79 Å². The molecule has 1 atom stereocenters. The molecule has 0 saturated heterocycles. The summed E-state index contributed by atoms with van der Waals surface area (Å²) < 4.78 is 12.2. The van der Waals surface area contributed by atoms with Gasteiger partial charge in [0.2, 0.25) is 0 Å². The molecule has 2 aliphatic rings. The first-order chi connectivity index (χ1) is 11.9. The Bertz CT molecular complexity index is 583. The van der Waals surface area contributed by atoms with E-state index in [1.54, 1.807) is 24.3 Å². The van der Waals surface area contributed by atoms with Crippen LogP contribution in [0.1, 0.15) is 31.2 Å². The van der Waals surface area contributed by atoms with E-state index < -0.39 is 11.4 Å². The van der Waals surface area contributed by atoms with Crippen molar-refractivity contribution in [2.75, 3.05) is 6.54 Å². The van der Waals surface area contributed by atoms with Crippen molar-refractivity contribution in [2.24, 2.45) is 22.6 Å². The summed E-state index contributed by atoms with van der Waals surface area (Å²) in [4.78, 5) is 10.7. The number of hydrogen-bond acceptors (Lipinski definition) is 4. The number of benzene rings is 1. The Hall–Kier alpha value is -2.02. The summed E-state index contributed by atoms with van der Waals surface area (Å²) in [7, 11) is 0. The van der Waals surface area contributed by atoms with Gasteiger partial charge in [0, 0.05) is 19.1 Å². The van der Waals surface area contributed by atoms with Gasteiger partial charge in [-0.2, -0.15) is 0 Å². The Kier molecular flexibility index (Phi) is 9.05. The third kappa shape index (κ3) is 7.17. The minimum absolute atomic E-state index is 0.156. The minimum Gasteiger partial charge on any atom is -0.481 e. The molecule has 0 bridgehead atoms. The molecule has 6 heteroatoms. The van der Waals surface area contributed by atoms with Crippen molar-refractivity contribution in [3.05, 3.63) is 60.0 Å². The predicted octanol–water partition coefficient (Wildman–Crippen LogP) is 2.31. The lowest BCUT2D eigenvalue weighted by Crippen LogP contribution is -2.37. The van der Waals surface area contributed by atoms with Crippen molar-refractivity contribution in [1.82, 2.24) is 0 Å². The fraction of sp³-hybridized carbons (Fsp3) is 0.421. The topological polar surface area (TPSA) is 115 Å². The summed E-state index contributed by atoms with van der Waals surface area (Å²) in [6.45, 7) is 0.628. The lowest BCUT2D eigenvalue weighted by atomic mass is 9.82. The first-order valence-corrected chi connectivity index (χ1v) is 8.41. The van der Waals surface area contributed by atoms with Crippen molar-refractivity contribution in [1.29, 1.82) is 0 Å². The molecule has 3 rings (SSSR count). The highest BCUT2D eigenvalue weighted by Crippen LogP contribution is 2.26. The second-order valence-electron chi connectivity index (χ2n) is 6.18. The monoisotopic (exact) mass is 349 g/mol. The van der Waals surface area contributed by atoms with Crippen molar-refractivity contribution in [3.63, 3.8) is 0 Å². The Morgan fingerprint density at radius 3 is 2.08 bits per heavy atom. The second-order valence-corrected chi connectivity index (χ2v) is 6.18. The fourth-order valence-corrected chi connectivity index (χ4v) is 2.12. The molecule has 0 spiro atoms. The van der Waals surface area contributed by atoms with Crippen molar-refractivity contribution in [2.45, 2.75) is 38.3 Å². The molecule has 25 heavy (non-hydrogen) atoms. The van der Waals surface area contributed by atoms with E-state index in [1.807, 2.05) is 12.2 Å². The first-order valence-electron chi connectivity index (χ1n) is 8.41. The molecule has 2 aliphatic carbocycles. The van der Waals surface area contributed by atoms with Crippen molar-refractivity contribution < 1.29 is 14.3 Å². The lowest BCUT2D eigenvalue weighted by Gasteiger charge is -2.23. The number of allylic oxidation sites excluding steroid dienone is 3. The van der Waals surface area contributed by atoms with E-state index in [0.717, 1.165) is 5.56 Å². The van der Waals surface area contributed by atoms with E-state index >= 15 is 0 Å². The number of aliphatic carboxylic acids is 1. The second kappa shape index (κ2) is 10.8. The summed E-state index contributed by atoms with van der Waals surface area (Å²) in [5.74, 6) is -1.06. The molecule has 1 fully saturated rings. The van der Waals surface area contributed by atoms with Crippen LogP contribution in [-0.2, 0) is 11.3 Å². The molecule has 0 aromatic heterocycles. The van der Waals surface area contributed by atoms with Gasteiger partial charge in [0.05, 0.1) is 0 Å². The van der Waals surface area contributed by atoms with Gasteiger partial charge in [-0.15, -0.1) is 0 Å². The zero-order chi connectivity index (χ0) is 18.7. The van der Waals surface area contributed by atoms with Gasteiger partial charge in [0.25, 0.3) is 0 Å². The quantitative estimate of drug-likeness (QED) is 0.668. The van der Waals surface area contributed by atoms with Crippen LogP contribution in [0.5, 0.6) is 0 Å². The number of carboxylic acids is 1. The molecular formula is C19H28FN3O2. The largest absolute Gasteiger partial charge is 0.481 e. The van der Waals surface area contributed by atoms with Gasteiger partial charge < -0.3 is 22.3 Å². The summed E-state index contributed by atoms with van der Waals surface area (Å²) in [6, 6.07) is 6.73. The number of nitrogens with two attached hydrogens (primary N) is 3. The van der Waals surface area contributed by atoms with Crippen LogP contribution in [0.15, 0.2) is 48.6 Å². The fourth-order valence-electron chi connectivity index (χ4n) is 2.12. The van der Waals surface area contributed by atoms with Gasteiger partial charge in [-0.25, -0.2) is 4.39 Å². The highest BCUT2D eigenvalue weighted by atomic mass is 19.1. The smallest absolute Gasteiger partial charge is 0.315 e. The van der Waals surface area contributed by atoms with E-state index in [4.69, 9.17) is 22.3 Å². The van der Waals surface area contributed by atoms with Gasteiger partial charge in [-0.05, 0) is 37.0 Å². The van der Waals surface area contributed by atoms with E-state index in [9.17, 15) is 9.18 Å². The molecule has 0 amide bonds. The highest BCUT2D eigenvalue weighted by molar-refractivity contribution is 5.78. The minimum atomic E-state index is -0.852. The Balaban J connectivity index is 0.000000200. The summed E-state index contributed by atoms with van der Waals surface area (Å²) in [6.07, 6.45) is 11.4. The van der Waals surface area contributed by atoms with Crippen LogP contribution < -0.4 is 17.2 Å². The molecular weight excluding hydrogens is 321 g/mol. The number of rotatable bonds is 3. The molecule has 138 valence electrons. The van der Waals surface area contributed by atoms with Gasteiger partial charge in [-0.1, -0.05) is 42.9 Å². The van der Waals surface area contributed by atoms with Gasteiger partial charge in [0.1, 0.15) is 11.2 Å². The third-order valence-electron chi connectivity index (χ3n) is 4.23. The Labute approximate surface area is 148 Å². The van der Waals surface area contributed by atoms with Gasteiger partial charge >= 0.3 is 5.97 Å². The van der Waals surface area contributed by atoms with E-state index in [-0.39, 0.29) is 12.4 Å². The summed E-state index contributed by atoms with van der Waals surface area (Å²) in [5, 5.41) is 8.82. The van der Waals surface area contributed by atoms with Crippen LogP contribution in [0.25, 0.3) is 0 Å². The highest BCUT2D eigenvalue weighted by Gasteiger charge is 2.33. The van der Waals surface area contributed by atoms with Crippen molar-refractivity contribution >= 4 is 5.97 Å². The standard InChI is InChI=1S/C8H11NO2.C7H8FN.C4H9N/c9-6-8(7(10)11)4-2-1-3-5-8;8-7-3-1-6(5-9)2-4-7;5-4-2-1-3-4/h1-4H,5-6,9H2,(H,10,11);1-4H,5,9H2;4H,1-3,5H2. The maximum absolute atomic E-state index is 12.2. The van der Waals surface area contributed by atoms with Crippen LogP contribution in [0.2, 0.25) is 0 Å². The van der Waals surface area contributed by atoms with Crippen molar-refractivity contribution in [3.8, 4) is 0 Å². The molecule has 1 saturated carbocycles. The molecule has 1 unspecified atom stereocenters. The number of hydrogen-bond donors (Lipinski definition) is 4. The molecule has 0 aliphatic heterocycles. The van der Waals surface area contributed by atoms with Crippen LogP contribution in [0.4, 0.5) is 4.39 Å². The average Bonchev–Trinajstić information content (AvgIpc) is 2.62. The summed E-state index contributed by atoms with van der Waals surface area (Å²) >= 11 is 0. The third-order valence-corrected chi connectivity index (χ3v) is 4.23. The summed E-state index contributed by atoms with van der Waals surface area (Å²) in [5.41, 5.74) is 16.1. The van der Waals surface area contributed by atoms with Crippen LogP contribution in [0, 0.1) is 11.2 Å². The van der Waals surface area contributed by atoms with Crippen LogP contribution in [-0.4, -0.2) is 23.7 Å². The zero-order valence-electron chi connectivity index (χ0n) is 14.4. The van der Waals surface area contributed by atoms with E-state index in [1.165, 1.54) is 31.4 Å². The predicted molar refractivity (Wildman–Crippen MR) is 98.1 cm³/mol. The Morgan fingerprint density at radius 2 is 1.80 bits per heavy atom. The molecule has 7 N–H and O–H groups in total.